The summed E-state index contributed by atoms with van der Waals surface area (Å²) in [6, 6.07) is 28.2. The molecule has 1 amide bonds. The lowest BCUT2D eigenvalue weighted by atomic mass is 9.95. The van der Waals surface area contributed by atoms with E-state index in [1.165, 1.54) is 0 Å². The molecule has 8 nitrogen and oxygen atoms in total. The molecule has 0 aromatic heterocycles. The highest BCUT2D eigenvalue weighted by molar-refractivity contribution is 6.00. The van der Waals surface area contributed by atoms with Crippen molar-refractivity contribution >= 4 is 17.7 Å². The molecule has 2 heterocycles. The quantitative estimate of drug-likeness (QED) is 0.398. The predicted octanol–water partition coefficient (Wildman–Crippen LogP) is 3.28. The molecule has 0 saturated carbocycles. The van der Waals surface area contributed by atoms with E-state index in [9.17, 15) is 9.59 Å². The summed E-state index contributed by atoms with van der Waals surface area (Å²) >= 11 is 0. The molecule has 3 aromatic rings. The highest BCUT2D eigenvalue weighted by atomic mass is 16.5. The normalized spacial score (nSPS) is 22.3. The number of piperazine rings is 1. The van der Waals surface area contributed by atoms with Gasteiger partial charge >= 0.3 is 5.97 Å². The fourth-order valence-corrected chi connectivity index (χ4v) is 7.04. The maximum atomic E-state index is 15.1. The van der Waals surface area contributed by atoms with Gasteiger partial charge in [-0.05, 0) is 29.2 Å². The highest BCUT2D eigenvalue weighted by Crippen LogP contribution is 2.51. The van der Waals surface area contributed by atoms with Crippen LogP contribution in [0.2, 0.25) is 0 Å². The molecule has 42 heavy (non-hydrogen) atoms. The van der Waals surface area contributed by atoms with Crippen molar-refractivity contribution < 1.29 is 19.1 Å². The second-order valence-electron chi connectivity index (χ2n) is 11.3. The average Bonchev–Trinajstić information content (AvgIpc) is 3.47. The predicted molar refractivity (Wildman–Crippen MR) is 159 cm³/mol. The molecule has 2 atom stereocenters. The van der Waals surface area contributed by atoms with E-state index in [0.717, 1.165) is 35.3 Å². The maximum absolute atomic E-state index is 15.1. The Hall–Kier alpha value is -3.85. The molecule has 1 aliphatic carbocycles. The number of carbonyl (C=O) groups excluding carboxylic acids is 3. The van der Waals surface area contributed by atoms with Crippen molar-refractivity contribution in [1.82, 2.24) is 20.0 Å². The Morgan fingerprint density at radius 2 is 1.45 bits per heavy atom. The monoisotopic (exact) mass is 566 g/mol. The molecular formula is C34H38N4O4. The number of amides is 1. The van der Waals surface area contributed by atoms with Crippen LogP contribution in [0.5, 0.6) is 0 Å². The zero-order valence-electron chi connectivity index (χ0n) is 24.1. The lowest BCUT2D eigenvalue weighted by molar-refractivity contribution is -0.148. The van der Waals surface area contributed by atoms with Gasteiger partial charge in [-0.25, -0.2) is 0 Å². The summed E-state index contributed by atoms with van der Waals surface area (Å²) < 4.78 is 5.18. The van der Waals surface area contributed by atoms with Gasteiger partial charge in [0.15, 0.2) is 11.4 Å². The van der Waals surface area contributed by atoms with Crippen LogP contribution in [0.25, 0.3) is 0 Å². The van der Waals surface area contributed by atoms with Crippen LogP contribution in [0.4, 0.5) is 0 Å². The van der Waals surface area contributed by atoms with Crippen molar-refractivity contribution in [1.29, 1.82) is 0 Å². The minimum atomic E-state index is -0.929. The highest BCUT2D eigenvalue weighted by Gasteiger charge is 2.61. The zero-order chi connectivity index (χ0) is 29.1. The molecule has 2 fully saturated rings. The van der Waals surface area contributed by atoms with Crippen molar-refractivity contribution in [3.05, 3.63) is 107 Å². The first kappa shape index (κ1) is 28.3. The molecule has 3 aliphatic rings. The topological polar surface area (TPSA) is 82.2 Å². The number of nitrogens with one attached hydrogen (secondary N) is 1. The molecule has 218 valence electrons. The lowest BCUT2D eigenvalue weighted by Gasteiger charge is -2.41. The Morgan fingerprint density at radius 1 is 0.857 bits per heavy atom. The number of fused-ring (bicyclic) bond motifs is 2. The van der Waals surface area contributed by atoms with Crippen LogP contribution in [-0.4, -0.2) is 77.7 Å². The third-order valence-electron chi connectivity index (χ3n) is 8.88. The Balaban J connectivity index is 1.38. The maximum Gasteiger partial charge on any atom is 0.307 e. The van der Waals surface area contributed by atoms with E-state index < -0.39 is 23.6 Å². The molecular weight excluding hydrogens is 528 g/mol. The van der Waals surface area contributed by atoms with Gasteiger partial charge < -0.3 is 10.1 Å². The summed E-state index contributed by atoms with van der Waals surface area (Å²) in [5.74, 6) is -0.904. The number of hydrogen-bond acceptors (Lipinski definition) is 7. The summed E-state index contributed by atoms with van der Waals surface area (Å²) in [6.07, 6.45) is -0.0341. The van der Waals surface area contributed by atoms with Crippen LogP contribution >= 0.6 is 0 Å². The number of ether oxygens (including phenoxy) is 1. The Morgan fingerprint density at radius 3 is 2.07 bits per heavy atom. The van der Waals surface area contributed by atoms with E-state index in [1.54, 1.807) is 6.92 Å². The van der Waals surface area contributed by atoms with E-state index in [-0.39, 0.29) is 24.7 Å². The Labute approximate surface area is 247 Å². The number of benzene rings is 3. The first-order chi connectivity index (χ1) is 20.5. The van der Waals surface area contributed by atoms with Crippen molar-refractivity contribution in [2.45, 2.75) is 44.1 Å². The largest absolute Gasteiger partial charge is 0.466 e. The van der Waals surface area contributed by atoms with Gasteiger partial charge in [0.1, 0.15) is 0 Å². The van der Waals surface area contributed by atoms with E-state index in [1.807, 2.05) is 53.4 Å². The summed E-state index contributed by atoms with van der Waals surface area (Å²) in [5.41, 5.74) is 3.42. The number of Topliss-reactive ketones (excluding diaryl/α,β-unsaturated/α-hetero) is 1. The van der Waals surface area contributed by atoms with E-state index in [0.29, 0.717) is 32.7 Å². The molecule has 0 bridgehead atoms. The fraction of sp³-hybridized carbons (Fsp3) is 0.382. The van der Waals surface area contributed by atoms with Crippen molar-refractivity contribution in [3.63, 3.8) is 0 Å². The number of hydrogen-bond donors (Lipinski definition) is 1. The van der Waals surface area contributed by atoms with E-state index in [2.05, 4.69) is 51.5 Å². The van der Waals surface area contributed by atoms with Crippen molar-refractivity contribution in [3.8, 4) is 0 Å². The second kappa shape index (κ2) is 12.2. The minimum Gasteiger partial charge on any atom is -0.466 e. The van der Waals surface area contributed by atoms with Crippen molar-refractivity contribution in [2.24, 2.45) is 0 Å². The average molecular weight is 567 g/mol. The van der Waals surface area contributed by atoms with Crippen LogP contribution in [0.3, 0.4) is 0 Å². The van der Waals surface area contributed by atoms with Gasteiger partial charge in [0.2, 0.25) is 5.91 Å². The third kappa shape index (κ3) is 5.15. The second-order valence-corrected chi connectivity index (χ2v) is 11.3. The molecule has 3 aromatic carbocycles. The lowest BCUT2D eigenvalue weighted by Crippen LogP contribution is -2.58. The fourth-order valence-electron chi connectivity index (χ4n) is 7.04. The molecule has 8 heteroatoms. The summed E-state index contributed by atoms with van der Waals surface area (Å²) in [6.45, 7) is 6.24. The smallest absolute Gasteiger partial charge is 0.307 e. The SMILES string of the molecule is CCOC(=O)CC1C(=O)NCCN1CC1C(=O)C2(c3ccccc31)N(Cc1ccccc1)CCN2Cc1ccccc1. The van der Waals surface area contributed by atoms with Gasteiger partial charge in [-0.2, -0.15) is 0 Å². The number of esters is 1. The summed E-state index contributed by atoms with van der Waals surface area (Å²) in [7, 11) is 0. The molecule has 2 unspecified atom stereocenters. The van der Waals surface area contributed by atoms with Crippen LogP contribution in [-0.2, 0) is 37.9 Å². The van der Waals surface area contributed by atoms with Crippen LogP contribution in [0.1, 0.15) is 41.5 Å². The van der Waals surface area contributed by atoms with Crippen LogP contribution in [0.15, 0.2) is 84.9 Å². The van der Waals surface area contributed by atoms with Crippen LogP contribution in [0, 0.1) is 0 Å². The van der Waals surface area contributed by atoms with E-state index >= 15 is 4.79 Å². The van der Waals surface area contributed by atoms with Gasteiger partial charge in [-0.15, -0.1) is 0 Å². The zero-order valence-corrected chi connectivity index (χ0v) is 24.1. The number of nitrogens with zero attached hydrogens (tertiary/aromatic N) is 3. The first-order valence-corrected chi connectivity index (χ1v) is 14.9. The molecule has 2 saturated heterocycles. The van der Waals surface area contributed by atoms with Gasteiger partial charge in [-0.3, -0.25) is 29.1 Å². The van der Waals surface area contributed by atoms with Gasteiger partial charge in [0, 0.05) is 45.8 Å². The Kier molecular flexibility index (Phi) is 8.20. The first-order valence-electron chi connectivity index (χ1n) is 14.9. The number of carbonyl (C=O) groups is 3. The molecule has 0 radical (unpaired) electrons. The molecule has 6 rings (SSSR count). The number of ketones is 1. The summed E-state index contributed by atoms with van der Waals surface area (Å²) in [4.78, 5) is 47.1. The van der Waals surface area contributed by atoms with Crippen LogP contribution < -0.4 is 5.32 Å². The third-order valence-corrected chi connectivity index (χ3v) is 8.88. The Bertz CT molecular complexity index is 1380. The van der Waals surface area contributed by atoms with Crippen molar-refractivity contribution in [2.75, 3.05) is 39.3 Å². The molecule has 2 aliphatic heterocycles. The molecule has 1 N–H and O–H groups in total. The molecule has 1 spiro atoms. The van der Waals surface area contributed by atoms with Gasteiger partial charge in [0.05, 0.1) is 25.0 Å². The standard InChI is InChI=1S/C34H38N4O4/c1-2-42-31(39)21-30-33(41)35-17-18-36(30)24-28-27-15-9-10-16-29(27)34(32(28)40)37(22-25-11-5-3-6-12-25)19-20-38(34)23-26-13-7-4-8-14-26/h3-16,28,30H,2,17-24H2,1H3,(H,35,41). The van der Waals surface area contributed by atoms with Gasteiger partial charge in [0.25, 0.3) is 0 Å². The summed E-state index contributed by atoms with van der Waals surface area (Å²) in [5, 5.41) is 2.89. The van der Waals surface area contributed by atoms with Gasteiger partial charge in [-0.1, -0.05) is 84.9 Å². The minimum absolute atomic E-state index is 0.0341. The van der Waals surface area contributed by atoms with E-state index in [4.69, 9.17) is 4.74 Å². The number of rotatable bonds is 9.